The molecule has 0 fully saturated rings. The van der Waals surface area contributed by atoms with E-state index in [9.17, 15) is 13.2 Å². The summed E-state index contributed by atoms with van der Waals surface area (Å²) in [5, 5.41) is 0.272. The van der Waals surface area contributed by atoms with Gasteiger partial charge in [-0.2, -0.15) is 0 Å². The maximum absolute atomic E-state index is 13.5. The zero-order chi connectivity index (χ0) is 21.9. The zero-order valence-electron chi connectivity index (χ0n) is 17.0. The molecule has 0 saturated carbocycles. The first-order chi connectivity index (χ1) is 14.2. The molecular weight excluding hydrogens is 428 g/mol. The Kier molecular flexibility index (Phi) is 6.67. The Labute approximate surface area is 180 Å². The van der Waals surface area contributed by atoms with Crippen molar-refractivity contribution in [3.05, 3.63) is 53.3 Å². The Hall–Kier alpha value is -2.58. The number of hydrogen-bond acceptors (Lipinski definition) is 6. The lowest BCUT2D eigenvalue weighted by molar-refractivity contribution is -0.140. The minimum absolute atomic E-state index is 0.0157. The highest BCUT2D eigenvalue weighted by molar-refractivity contribution is 7.90. The highest BCUT2D eigenvalue weighted by Crippen LogP contribution is 2.28. The second kappa shape index (κ2) is 9.06. The van der Waals surface area contributed by atoms with Crippen LogP contribution in [0.1, 0.15) is 32.4 Å². The molecule has 2 heterocycles. The van der Waals surface area contributed by atoms with Gasteiger partial charge < -0.3 is 9.47 Å². The lowest BCUT2D eigenvalue weighted by Crippen LogP contribution is -2.16. The predicted molar refractivity (Wildman–Crippen MR) is 114 cm³/mol. The van der Waals surface area contributed by atoms with E-state index in [1.165, 1.54) is 23.2 Å². The molecule has 1 aromatic carbocycles. The van der Waals surface area contributed by atoms with Crippen LogP contribution in [0.4, 0.5) is 0 Å². The molecule has 0 radical (unpaired) electrons. The van der Waals surface area contributed by atoms with E-state index in [4.69, 9.17) is 16.3 Å². The smallest absolute Gasteiger partial charge is 0.305 e. The lowest BCUT2D eigenvalue weighted by Gasteiger charge is -2.13. The summed E-state index contributed by atoms with van der Waals surface area (Å²) in [5.74, 6) is 0.246. The first kappa shape index (κ1) is 22.1. The van der Waals surface area contributed by atoms with Crippen molar-refractivity contribution in [3.8, 4) is 5.75 Å². The number of pyridine rings is 1. The first-order valence-corrected chi connectivity index (χ1v) is 11.3. The highest BCUT2D eigenvalue weighted by atomic mass is 35.5. The third-order valence-electron chi connectivity index (χ3n) is 4.43. The number of methoxy groups -OCH3 is 1. The number of rotatable bonds is 8. The Bertz CT molecular complexity index is 1150. The molecule has 3 rings (SSSR count). The van der Waals surface area contributed by atoms with Crippen LogP contribution < -0.4 is 4.74 Å². The van der Waals surface area contributed by atoms with E-state index in [-0.39, 0.29) is 28.5 Å². The van der Waals surface area contributed by atoms with E-state index in [2.05, 4.69) is 9.72 Å². The van der Waals surface area contributed by atoms with E-state index in [0.29, 0.717) is 35.3 Å². The van der Waals surface area contributed by atoms with Gasteiger partial charge in [0.05, 0.1) is 29.1 Å². The molecule has 30 heavy (non-hydrogen) atoms. The lowest BCUT2D eigenvalue weighted by atomic mass is 10.2. The van der Waals surface area contributed by atoms with Crippen molar-refractivity contribution in [2.45, 2.75) is 44.1 Å². The summed E-state index contributed by atoms with van der Waals surface area (Å²) in [7, 11) is -2.58. The molecule has 160 valence electrons. The van der Waals surface area contributed by atoms with Gasteiger partial charge in [-0.05, 0) is 69.2 Å². The van der Waals surface area contributed by atoms with Crippen LogP contribution in [0.3, 0.4) is 0 Å². The van der Waals surface area contributed by atoms with Gasteiger partial charge in [0.1, 0.15) is 10.9 Å². The van der Waals surface area contributed by atoms with E-state index >= 15 is 0 Å². The topological polar surface area (TPSA) is 87.5 Å². The Morgan fingerprint density at radius 2 is 1.87 bits per heavy atom. The highest BCUT2D eigenvalue weighted by Gasteiger charge is 2.24. The number of esters is 1. The van der Waals surface area contributed by atoms with Crippen LogP contribution in [0, 0.1) is 0 Å². The van der Waals surface area contributed by atoms with E-state index < -0.39 is 10.0 Å². The largest absolute Gasteiger partial charge is 0.491 e. The van der Waals surface area contributed by atoms with Crippen molar-refractivity contribution in [3.63, 3.8) is 0 Å². The molecule has 0 unspecified atom stereocenters. The van der Waals surface area contributed by atoms with Crippen LogP contribution in [-0.2, 0) is 26.0 Å². The molecule has 0 amide bonds. The van der Waals surface area contributed by atoms with Gasteiger partial charge in [0, 0.05) is 12.1 Å². The molecule has 2 aromatic heterocycles. The normalized spacial score (nSPS) is 11.8. The number of fused-ring (bicyclic) bond motifs is 1. The molecule has 9 heteroatoms. The van der Waals surface area contributed by atoms with E-state index in [0.717, 1.165) is 0 Å². The van der Waals surface area contributed by atoms with E-state index in [1.807, 2.05) is 13.8 Å². The Balaban J connectivity index is 2.03. The Morgan fingerprint density at radius 1 is 1.17 bits per heavy atom. The number of carbonyl (C=O) groups excluding carboxylic acids is 1. The number of ether oxygens (including phenoxy) is 2. The van der Waals surface area contributed by atoms with E-state index in [1.54, 1.807) is 30.3 Å². The second-order valence-electron chi connectivity index (χ2n) is 7.01. The molecule has 0 saturated heterocycles. The number of hydrogen-bond donors (Lipinski definition) is 0. The molecule has 0 atom stereocenters. The maximum atomic E-state index is 13.5. The fraction of sp³-hybridized carbons (Fsp3) is 0.333. The van der Waals surface area contributed by atoms with Crippen molar-refractivity contribution in [2.75, 3.05) is 7.11 Å². The van der Waals surface area contributed by atoms with Crippen molar-refractivity contribution in [2.24, 2.45) is 0 Å². The number of nitrogens with zero attached hydrogens (tertiary/aromatic N) is 2. The van der Waals surface area contributed by atoms with Crippen LogP contribution in [0.25, 0.3) is 11.0 Å². The van der Waals surface area contributed by atoms with Gasteiger partial charge in [0.15, 0.2) is 0 Å². The number of benzene rings is 1. The fourth-order valence-electron chi connectivity index (χ4n) is 3.13. The standard InChI is InChI=1S/C21H23ClN2O5S/c1-14(2)29-16-7-9-17(10-8-16)30(26,27)24-15(5-4-6-21(25)28-3)13-18-19(24)11-12-20(22)23-18/h7-14H,4-6H2,1-3H3. The van der Waals surface area contributed by atoms with Crippen LogP contribution in [0.5, 0.6) is 5.75 Å². The molecule has 0 aliphatic heterocycles. The SMILES string of the molecule is COC(=O)CCCc1cc2nc(Cl)ccc2n1S(=O)(=O)c1ccc(OC(C)C)cc1. The zero-order valence-corrected chi connectivity index (χ0v) is 18.5. The maximum Gasteiger partial charge on any atom is 0.305 e. The van der Waals surface area contributed by atoms with Crippen molar-refractivity contribution >= 4 is 38.6 Å². The van der Waals surface area contributed by atoms with Crippen molar-refractivity contribution < 1.29 is 22.7 Å². The molecule has 0 bridgehead atoms. The monoisotopic (exact) mass is 450 g/mol. The van der Waals surface area contributed by atoms with Gasteiger partial charge in [-0.1, -0.05) is 11.6 Å². The van der Waals surface area contributed by atoms with Gasteiger partial charge in [0.2, 0.25) is 0 Å². The van der Waals surface area contributed by atoms with Crippen LogP contribution in [0.2, 0.25) is 5.15 Å². The quantitative estimate of drug-likeness (QED) is 0.377. The summed E-state index contributed by atoms with van der Waals surface area (Å²) in [6, 6.07) is 11.2. The van der Waals surface area contributed by atoms with Crippen molar-refractivity contribution in [1.29, 1.82) is 0 Å². The summed E-state index contributed by atoms with van der Waals surface area (Å²) in [6.45, 7) is 3.80. The molecule has 0 aliphatic carbocycles. The van der Waals surface area contributed by atoms with Crippen LogP contribution in [0.15, 0.2) is 47.4 Å². The average molecular weight is 451 g/mol. The average Bonchev–Trinajstić information content (AvgIpc) is 3.05. The number of aryl methyl sites for hydroxylation is 1. The molecule has 7 nitrogen and oxygen atoms in total. The second-order valence-corrected chi connectivity index (χ2v) is 9.19. The van der Waals surface area contributed by atoms with Gasteiger partial charge in [0.25, 0.3) is 10.0 Å². The van der Waals surface area contributed by atoms with Gasteiger partial charge in [-0.3, -0.25) is 4.79 Å². The van der Waals surface area contributed by atoms with Gasteiger partial charge in [-0.15, -0.1) is 0 Å². The number of carbonyl (C=O) groups is 1. The minimum Gasteiger partial charge on any atom is -0.491 e. The molecule has 3 aromatic rings. The van der Waals surface area contributed by atoms with Gasteiger partial charge in [-0.25, -0.2) is 17.4 Å². The molecule has 0 spiro atoms. The Morgan fingerprint density at radius 3 is 2.50 bits per heavy atom. The molecular formula is C21H23ClN2O5S. The minimum atomic E-state index is -3.91. The number of halogens is 1. The molecule has 0 N–H and O–H groups in total. The number of aromatic nitrogens is 2. The summed E-state index contributed by atoms with van der Waals surface area (Å²) in [6.07, 6.45) is 0.968. The summed E-state index contributed by atoms with van der Waals surface area (Å²) >= 11 is 5.99. The van der Waals surface area contributed by atoms with Gasteiger partial charge >= 0.3 is 5.97 Å². The summed E-state index contributed by atoms with van der Waals surface area (Å²) in [5.41, 5.74) is 1.42. The summed E-state index contributed by atoms with van der Waals surface area (Å²) in [4.78, 5) is 15.8. The molecule has 0 aliphatic rings. The van der Waals surface area contributed by atoms with Crippen LogP contribution >= 0.6 is 11.6 Å². The fourth-order valence-corrected chi connectivity index (χ4v) is 4.84. The van der Waals surface area contributed by atoms with Crippen LogP contribution in [-0.4, -0.2) is 36.6 Å². The predicted octanol–water partition coefficient (Wildman–Crippen LogP) is 4.21. The van der Waals surface area contributed by atoms with Crippen molar-refractivity contribution in [1.82, 2.24) is 8.96 Å². The third kappa shape index (κ3) is 4.76. The summed E-state index contributed by atoms with van der Waals surface area (Å²) < 4.78 is 38.5. The third-order valence-corrected chi connectivity index (χ3v) is 6.42. The first-order valence-electron chi connectivity index (χ1n) is 9.48.